The van der Waals surface area contributed by atoms with E-state index in [2.05, 4.69) is 5.32 Å². The van der Waals surface area contributed by atoms with Gasteiger partial charge in [-0.15, -0.1) is 0 Å². The van der Waals surface area contributed by atoms with Gasteiger partial charge in [0.2, 0.25) is 5.91 Å². The van der Waals surface area contributed by atoms with Gasteiger partial charge in [0, 0.05) is 11.6 Å². The van der Waals surface area contributed by atoms with E-state index in [0.717, 1.165) is 12.1 Å². The van der Waals surface area contributed by atoms with E-state index in [4.69, 9.17) is 0 Å². The van der Waals surface area contributed by atoms with E-state index >= 15 is 0 Å². The molecule has 2 atom stereocenters. The fourth-order valence-electron chi connectivity index (χ4n) is 3.34. The Balaban J connectivity index is 2.21. The van der Waals surface area contributed by atoms with Crippen molar-refractivity contribution < 1.29 is 27.9 Å². The lowest BCUT2D eigenvalue weighted by molar-refractivity contribution is -0.155. The molecule has 0 saturated heterocycles. The Morgan fingerprint density at radius 1 is 1.25 bits per heavy atom. The van der Waals surface area contributed by atoms with Crippen LogP contribution in [0, 0.1) is 16.7 Å². The maximum atomic E-state index is 12.7. The largest absolute Gasteiger partial charge is 0.481 e. The number of aliphatic carboxylic acids is 1. The molecule has 1 aromatic rings. The summed E-state index contributed by atoms with van der Waals surface area (Å²) in [5, 5.41) is 12.0. The molecule has 0 aromatic heterocycles. The van der Waals surface area contributed by atoms with E-state index in [-0.39, 0.29) is 5.69 Å². The molecule has 2 unspecified atom stereocenters. The van der Waals surface area contributed by atoms with Crippen LogP contribution in [0.15, 0.2) is 24.3 Å². The van der Waals surface area contributed by atoms with Crippen molar-refractivity contribution in [3.8, 4) is 0 Å². The highest BCUT2D eigenvalue weighted by molar-refractivity contribution is 5.94. The number of nitrogens with one attached hydrogen (secondary N) is 1. The molecule has 0 aliphatic heterocycles. The average molecular weight is 343 g/mol. The van der Waals surface area contributed by atoms with Crippen LogP contribution in [0.2, 0.25) is 0 Å². The second-order valence-electron chi connectivity index (χ2n) is 7.02. The normalized spacial score (nSPS) is 26.2. The molecule has 0 heterocycles. The number of hydrogen-bond donors (Lipinski definition) is 2. The Labute approximate surface area is 138 Å². The van der Waals surface area contributed by atoms with Crippen molar-refractivity contribution in [3.63, 3.8) is 0 Å². The molecule has 0 spiro atoms. The zero-order valence-corrected chi connectivity index (χ0v) is 13.7. The first-order chi connectivity index (χ1) is 10.9. The predicted octanol–water partition coefficient (Wildman–Crippen LogP) is 4.17. The Morgan fingerprint density at radius 2 is 1.88 bits per heavy atom. The fourth-order valence-corrected chi connectivity index (χ4v) is 3.34. The number of amides is 1. The average Bonchev–Trinajstić information content (AvgIpc) is 2.70. The Morgan fingerprint density at radius 3 is 2.38 bits per heavy atom. The third-order valence-electron chi connectivity index (χ3n) is 5.47. The van der Waals surface area contributed by atoms with Crippen LogP contribution in [-0.2, 0) is 15.8 Å². The number of alkyl halides is 3. The molecule has 0 bridgehead atoms. The van der Waals surface area contributed by atoms with Crippen molar-refractivity contribution in [1.29, 1.82) is 0 Å². The quantitative estimate of drug-likeness (QED) is 0.865. The molecule has 7 heteroatoms. The summed E-state index contributed by atoms with van der Waals surface area (Å²) in [4.78, 5) is 24.1. The van der Waals surface area contributed by atoms with Gasteiger partial charge in [0.05, 0.1) is 11.0 Å². The van der Waals surface area contributed by atoms with Crippen molar-refractivity contribution in [2.45, 2.75) is 39.8 Å². The zero-order valence-electron chi connectivity index (χ0n) is 13.7. The van der Waals surface area contributed by atoms with E-state index in [1.165, 1.54) is 12.1 Å². The molecular weight excluding hydrogens is 323 g/mol. The minimum absolute atomic E-state index is 0.0505. The molecular formula is C17H20F3NO3. The third-order valence-corrected chi connectivity index (χ3v) is 5.47. The summed E-state index contributed by atoms with van der Waals surface area (Å²) in [6.45, 7) is 5.03. The van der Waals surface area contributed by atoms with Crippen molar-refractivity contribution in [3.05, 3.63) is 29.8 Å². The minimum atomic E-state index is -4.49. The topological polar surface area (TPSA) is 66.4 Å². The number of rotatable bonds is 3. The van der Waals surface area contributed by atoms with Crippen LogP contribution in [0.3, 0.4) is 0 Å². The molecule has 132 valence electrons. The van der Waals surface area contributed by atoms with Crippen LogP contribution in [0.4, 0.5) is 18.9 Å². The molecule has 1 fully saturated rings. The van der Waals surface area contributed by atoms with Crippen LogP contribution < -0.4 is 5.32 Å². The highest BCUT2D eigenvalue weighted by Gasteiger charge is 2.58. The first-order valence-corrected chi connectivity index (χ1v) is 7.61. The number of carbonyl (C=O) groups is 2. The lowest BCUT2D eigenvalue weighted by Gasteiger charge is -2.37. The molecule has 1 aliphatic rings. The highest BCUT2D eigenvalue weighted by Crippen LogP contribution is 2.56. The van der Waals surface area contributed by atoms with Crippen LogP contribution in [0.25, 0.3) is 0 Å². The maximum absolute atomic E-state index is 12.7. The van der Waals surface area contributed by atoms with Gasteiger partial charge in [0.1, 0.15) is 0 Å². The molecule has 0 radical (unpaired) electrons. The molecule has 1 aliphatic carbocycles. The zero-order chi connectivity index (χ0) is 18.3. The smallest absolute Gasteiger partial charge is 0.416 e. The van der Waals surface area contributed by atoms with Gasteiger partial charge in [-0.3, -0.25) is 9.59 Å². The minimum Gasteiger partial charge on any atom is -0.481 e. The van der Waals surface area contributed by atoms with Gasteiger partial charge >= 0.3 is 12.1 Å². The van der Waals surface area contributed by atoms with Gasteiger partial charge in [0.25, 0.3) is 0 Å². The molecule has 4 nitrogen and oxygen atoms in total. The van der Waals surface area contributed by atoms with E-state index in [9.17, 15) is 27.9 Å². The number of anilines is 1. The first kappa shape index (κ1) is 18.3. The number of halogens is 3. The standard InChI is InChI=1S/C17H20F3NO3/c1-15(2)12(7-8-16(15,3)14(23)24)13(22)21-11-6-4-5-10(9-11)17(18,19)20/h4-6,9,12H,7-8H2,1-3H3,(H,21,22)(H,23,24). The van der Waals surface area contributed by atoms with Gasteiger partial charge in [-0.05, 0) is 43.4 Å². The summed E-state index contributed by atoms with van der Waals surface area (Å²) in [6.07, 6.45) is -3.77. The third kappa shape index (κ3) is 2.99. The number of hydrogen-bond acceptors (Lipinski definition) is 2. The predicted molar refractivity (Wildman–Crippen MR) is 82.3 cm³/mol. The van der Waals surface area contributed by atoms with Crippen LogP contribution in [0.1, 0.15) is 39.2 Å². The number of carbonyl (C=O) groups excluding carboxylic acids is 1. The molecule has 2 rings (SSSR count). The van der Waals surface area contributed by atoms with Crippen molar-refractivity contribution in [1.82, 2.24) is 0 Å². The van der Waals surface area contributed by atoms with Crippen LogP contribution in [-0.4, -0.2) is 17.0 Å². The Kier molecular flexibility index (Phi) is 4.41. The Hall–Kier alpha value is -2.05. The summed E-state index contributed by atoms with van der Waals surface area (Å²) < 4.78 is 38.2. The van der Waals surface area contributed by atoms with Crippen molar-refractivity contribution >= 4 is 17.6 Å². The molecule has 2 N–H and O–H groups in total. The number of carboxylic acids is 1. The summed E-state index contributed by atoms with van der Waals surface area (Å²) >= 11 is 0. The maximum Gasteiger partial charge on any atom is 0.416 e. The number of carboxylic acid groups (broad SMARTS) is 1. The van der Waals surface area contributed by atoms with E-state index in [0.29, 0.717) is 12.8 Å². The lowest BCUT2D eigenvalue weighted by atomic mass is 9.65. The van der Waals surface area contributed by atoms with Gasteiger partial charge in [-0.1, -0.05) is 19.9 Å². The SMILES string of the molecule is CC1(C(=O)O)CCC(C(=O)Nc2cccc(C(F)(F)F)c2)C1(C)C. The highest BCUT2D eigenvalue weighted by atomic mass is 19.4. The van der Waals surface area contributed by atoms with E-state index in [1.54, 1.807) is 20.8 Å². The number of benzene rings is 1. The molecule has 1 saturated carbocycles. The monoisotopic (exact) mass is 343 g/mol. The van der Waals surface area contributed by atoms with Gasteiger partial charge in [-0.2, -0.15) is 13.2 Å². The second kappa shape index (κ2) is 5.79. The summed E-state index contributed by atoms with van der Waals surface area (Å²) in [6, 6.07) is 4.40. The summed E-state index contributed by atoms with van der Waals surface area (Å²) in [5.74, 6) is -2.01. The molecule has 1 aromatic carbocycles. The van der Waals surface area contributed by atoms with Gasteiger partial charge in [0.15, 0.2) is 0 Å². The van der Waals surface area contributed by atoms with Crippen molar-refractivity contribution in [2.24, 2.45) is 16.7 Å². The summed E-state index contributed by atoms with van der Waals surface area (Å²) in [5.41, 5.74) is -2.66. The first-order valence-electron chi connectivity index (χ1n) is 7.61. The van der Waals surface area contributed by atoms with Crippen molar-refractivity contribution in [2.75, 3.05) is 5.32 Å². The van der Waals surface area contributed by atoms with E-state index < -0.39 is 40.4 Å². The second-order valence-corrected chi connectivity index (χ2v) is 7.02. The summed E-state index contributed by atoms with van der Waals surface area (Å²) in [7, 11) is 0. The fraction of sp³-hybridized carbons (Fsp3) is 0.529. The van der Waals surface area contributed by atoms with Crippen LogP contribution >= 0.6 is 0 Å². The van der Waals surface area contributed by atoms with Gasteiger partial charge < -0.3 is 10.4 Å². The Bertz CT molecular complexity index is 669. The van der Waals surface area contributed by atoms with Gasteiger partial charge in [-0.25, -0.2) is 0 Å². The lowest BCUT2D eigenvalue weighted by Crippen LogP contribution is -2.43. The molecule has 1 amide bonds. The van der Waals surface area contributed by atoms with Crippen LogP contribution in [0.5, 0.6) is 0 Å². The van der Waals surface area contributed by atoms with E-state index in [1.807, 2.05) is 0 Å². The molecule has 24 heavy (non-hydrogen) atoms.